The van der Waals surface area contributed by atoms with E-state index in [1.165, 1.54) is 12.8 Å². The van der Waals surface area contributed by atoms with E-state index in [4.69, 9.17) is 9.47 Å². The van der Waals surface area contributed by atoms with Crippen LogP contribution >= 0.6 is 0 Å². The minimum Gasteiger partial charge on any atom is -0.486 e. The lowest BCUT2D eigenvalue weighted by Crippen LogP contribution is -2.50. The Hall–Kier alpha value is -1.75. The Morgan fingerprint density at radius 1 is 1.25 bits per heavy atom. The summed E-state index contributed by atoms with van der Waals surface area (Å²) in [4.78, 5) is 12.9. The molecule has 1 saturated carbocycles. The molecule has 1 aliphatic carbocycles. The normalized spacial score (nSPS) is 28.2. The number of nitrogens with one attached hydrogen (secondary N) is 2. The first kappa shape index (κ1) is 15.8. The molecule has 0 radical (unpaired) electrons. The fourth-order valence-electron chi connectivity index (χ4n) is 4.51. The van der Waals surface area contributed by atoms with Gasteiger partial charge in [-0.2, -0.15) is 0 Å². The van der Waals surface area contributed by atoms with Crippen molar-refractivity contribution in [3.8, 4) is 11.5 Å². The number of rotatable bonds is 4. The van der Waals surface area contributed by atoms with Crippen molar-refractivity contribution >= 4 is 5.91 Å². The summed E-state index contributed by atoms with van der Waals surface area (Å²) in [6.07, 6.45) is 6.30. The molecule has 1 saturated heterocycles. The molecule has 0 aromatic heterocycles. The number of benzene rings is 1. The lowest BCUT2D eigenvalue weighted by atomic mass is 9.70. The summed E-state index contributed by atoms with van der Waals surface area (Å²) >= 11 is 0. The average Bonchev–Trinajstić information content (AvgIpc) is 3.07. The van der Waals surface area contributed by atoms with Crippen molar-refractivity contribution in [3.05, 3.63) is 23.8 Å². The second kappa shape index (κ2) is 6.63. The first-order valence-electron chi connectivity index (χ1n) is 9.19. The van der Waals surface area contributed by atoms with Crippen LogP contribution in [0.15, 0.2) is 18.2 Å². The zero-order valence-corrected chi connectivity index (χ0v) is 14.1. The van der Waals surface area contributed by atoms with E-state index in [-0.39, 0.29) is 11.3 Å². The van der Waals surface area contributed by atoms with E-state index in [1.807, 2.05) is 12.1 Å². The third kappa shape index (κ3) is 2.75. The Morgan fingerprint density at radius 3 is 3.12 bits per heavy atom. The molecule has 1 aromatic carbocycles. The van der Waals surface area contributed by atoms with Crippen LogP contribution in [0.1, 0.15) is 37.7 Å². The van der Waals surface area contributed by atoms with Gasteiger partial charge in [0.05, 0.1) is 5.41 Å². The monoisotopic (exact) mass is 330 g/mol. The van der Waals surface area contributed by atoms with E-state index in [0.717, 1.165) is 49.3 Å². The number of amides is 1. The SMILES string of the molecule is O=C(NCCc1cccc2c1OCCO2)[C@@]12CCCC[C@@H]1NCC2. The summed E-state index contributed by atoms with van der Waals surface area (Å²) in [5.41, 5.74) is 0.934. The molecule has 130 valence electrons. The van der Waals surface area contributed by atoms with Crippen molar-refractivity contribution in [2.45, 2.75) is 44.6 Å². The van der Waals surface area contributed by atoms with Gasteiger partial charge in [0, 0.05) is 12.6 Å². The highest BCUT2D eigenvalue weighted by atomic mass is 16.6. The lowest BCUT2D eigenvalue weighted by molar-refractivity contribution is -0.133. The van der Waals surface area contributed by atoms with E-state index < -0.39 is 0 Å². The van der Waals surface area contributed by atoms with Crippen LogP contribution in [-0.4, -0.2) is 38.3 Å². The van der Waals surface area contributed by atoms with Gasteiger partial charge in [0.1, 0.15) is 13.2 Å². The summed E-state index contributed by atoms with van der Waals surface area (Å²) in [7, 11) is 0. The molecule has 2 atom stereocenters. The maximum atomic E-state index is 12.9. The summed E-state index contributed by atoms with van der Waals surface area (Å²) in [6.45, 7) is 2.81. The molecule has 24 heavy (non-hydrogen) atoms. The molecule has 0 bridgehead atoms. The van der Waals surface area contributed by atoms with Gasteiger partial charge < -0.3 is 20.1 Å². The van der Waals surface area contributed by atoms with Gasteiger partial charge in [-0.25, -0.2) is 0 Å². The van der Waals surface area contributed by atoms with Crippen LogP contribution < -0.4 is 20.1 Å². The van der Waals surface area contributed by atoms with Gasteiger partial charge in [0.2, 0.25) is 5.91 Å². The highest BCUT2D eigenvalue weighted by Gasteiger charge is 2.49. The number of hydrogen-bond donors (Lipinski definition) is 2. The maximum absolute atomic E-state index is 12.9. The van der Waals surface area contributed by atoms with Gasteiger partial charge in [0.15, 0.2) is 11.5 Å². The van der Waals surface area contributed by atoms with Crippen LogP contribution in [0.4, 0.5) is 0 Å². The summed E-state index contributed by atoms with van der Waals surface area (Å²) in [5, 5.41) is 6.73. The summed E-state index contributed by atoms with van der Waals surface area (Å²) in [6, 6.07) is 6.35. The zero-order valence-electron chi connectivity index (χ0n) is 14.1. The van der Waals surface area contributed by atoms with E-state index in [0.29, 0.717) is 25.8 Å². The highest BCUT2D eigenvalue weighted by Crippen LogP contribution is 2.43. The lowest BCUT2D eigenvalue weighted by Gasteiger charge is -2.37. The fourth-order valence-corrected chi connectivity index (χ4v) is 4.51. The topological polar surface area (TPSA) is 59.6 Å². The molecule has 0 unspecified atom stereocenters. The van der Waals surface area contributed by atoms with E-state index in [2.05, 4.69) is 16.7 Å². The van der Waals surface area contributed by atoms with Crippen molar-refractivity contribution in [3.63, 3.8) is 0 Å². The molecule has 3 aliphatic rings. The Morgan fingerprint density at radius 2 is 2.17 bits per heavy atom. The average molecular weight is 330 g/mol. The van der Waals surface area contributed by atoms with Crippen LogP contribution in [0.3, 0.4) is 0 Å². The number of carbonyl (C=O) groups is 1. The van der Waals surface area contributed by atoms with Crippen LogP contribution in [0.25, 0.3) is 0 Å². The van der Waals surface area contributed by atoms with Gasteiger partial charge in [-0.05, 0) is 43.9 Å². The molecule has 5 heteroatoms. The molecule has 5 nitrogen and oxygen atoms in total. The van der Waals surface area contributed by atoms with Crippen LogP contribution in [-0.2, 0) is 11.2 Å². The Labute approximate surface area is 143 Å². The van der Waals surface area contributed by atoms with Gasteiger partial charge in [-0.3, -0.25) is 4.79 Å². The van der Waals surface area contributed by atoms with Crippen molar-refractivity contribution < 1.29 is 14.3 Å². The number of para-hydroxylation sites is 1. The van der Waals surface area contributed by atoms with Gasteiger partial charge in [-0.1, -0.05) is 25.0 Å². The van der Waals surface area contributed by atoms with Gasteiger partial charge in [0.25, 0.3) is 0 Å². The summed E-state index contributed by atoms with van der Waals surface area (Å²) in [5.74, 6) is 1.89. The van der Waals surface area contributed by atoms with Crippen molar-refractivity contribution in [1.82, 2.24) is 10.6 Å². The number of carbonyl (C=O) groups excluding carboxylic acids is 1. The van der Waals surface area contributed by atoms with E-state index in [9.17, 15) is 4.79 Å². The van der Waals surface area contributed by atoms with Gasteiger partial charge >= 0.3 is 0 Å². The van der Waals surface area contributed by atoms with Crippen LogP contribution in [0.2, 0.25) is 0 Å². The minimum absolute atomic E-state index is 0.173. The third-order valence-electron chi connectivity index (χ3n) is 5.77. The largest absolute Gasteiger partial charge is 0.486 e. The molecule has 0 spiro atoms. The molecule has 2 N–H and O–H groups in total. The second-order valence-electron chi connectivity index (χ2n) is 7.11. The first-order valence-corrected chi connectivity index (χ1v) is 9.19. The van der Waals surface area contributed by atoms with Crippen molar-refractivity contribution in [2.24, 2.45) is 5.41 Å². The fraction of sp³-hybridized carbons (Fsp3) is 0.632. The molecule has 2 heterocycles. The number of ether oxygens (including phenoxy) is 2. The van der Waals surface area contributed by atoms with Crippen LogP contribution in [0.5, 0.6) is 11.5 Å². The predicted molar refractivity (Wildman–Crippen MR) is 91.5 cm³/mol. The van der Waals surface area contributed by atoms with Crippen LogP contribution in [0, 0.1) is 5.41 Å². The van der Waals surface area contributed by atoms with E-state index >= 15 is 0 Å². The highest BCUT2D eigenvalue weighted by molar-refractivity contribution is 5.84. The molecule has 1 aromatic rings. The van der Waals surface area contributed by atoms with E-state index in [1.54, 1.807) is 0 Å². The predicted octanol–water partition coefficient (Wildman–Crippen LogP) is 2.04. The minimum atomic E-state index is -0.173. The zero-order chi connectivity index (χ0) is 16.4. The third-order valence-corrected chi connectivity index (χ3v) is 5.77. The summed E-state index contributed by atoms with van der Waals surface area (Å²) < 4.78 is 11.4. The smallest absolute Gasteiger partial charge is 0.227 e. The first-order chi connectivity index (χ1) is 11.8. The van der Waals surface area contributed by atoms with Crippen molar-refractivity contribution in [2.75, 3.05) is 26.3 Å². The Kier molecular flexibility index (Phi) is 4.35. The molecule has 4 rings (SSSR count). The molecular formula is C19H26N2O3. The van der Waals surface area contributed by atoms with Gasteiger partial charge in [-0.15, -0.1) is 0 Å². The Balaban J connectivity index is 1.38. The number of hydrogen-bond acceptors (Lipinski definition) is 4. The quantitative estimate of drug-likeness (QED) is 0.887. The standard InChI is InChI=1S/C19H26N2O3/c22-18(19-8-2-1-6-16(19)20-11-9-19)21-10-7-14-4-3-5-15-17(14)24-13-12-23-15/h3-5,16,20H,1-2,6-13H2,(H,21,22)/t16-,19+/m0/s1. The number of fused-ring (bicyclic) bond motifs is 2. The van der Waals surface area contributed by atoms with Crippen molar-refractivity contribution in [1.29, 1.82) is 0 Å². The molecule has 2 aliphatic heterocycles. The molecule has 2 fully saturated rings. The Bertz CT molecular complexity index is 619. The molecule has 1 amide bonds. The maximum Gasteiger partial charge on any atom is 0.227 e. The molecular weight excluding hydrogens is 304 g/mol. The second-order valence-corrected chi connectivity index (χ2v) is 7.11.